The van der Waals surface area contributed by atoms with E-state index < -0.39 is 17.3 Å². The zero-order chi connectivity index (χ0) is 22.9. The van der Waals surface area contributed by atoms with Crippen molar-refractivity contribution in [3.8, 4) is 0 Å². The highest BCUT2D eigenvalue weighted by Crippen LogP contribution is 2.41. The van der Waals surface area contributed by atoms with Crippen LogP contribution in [0.4, 0.5) is 13.2 Å². The molecule has 2 aliphatic rings. The predicted molar refractivity (Wildman–Crippen MR) is 113 cm³/mol. The van der Waals surface area contributed by atoms with Gasteiger partial charge in [-0.25, -0.2) is 0 Å². The molecule has 32 heavy (non-hydrogen) atoms. The monoisotopic (exact) mass is 445 g/mol. The minimum absolute atomic E-state index is 0.0304. The van der Waals surface area contributed by atoms with E-state index in [9.17, 15) is 22.8 Å². The number of likely N-dealkylation sites (tertiary alicyclic amines) is 2. The molecule has 0 bridgehead atoms. The first-order chi connectivity index (χ1) is 15.2. The van der Waals surface area contributed by atoms with Crippen LogP contribution in [0.5, 0.6) is 0 Å². The Hall–Kier alpha value is -2.90. The molecule has 2 unspecified atom stereocenters. The summed E-state index contributed by atoms with van der Waals surface area (Å²) >= 11 is 0. The number of benzene rings is 1. The molecule has 1 aromatic heterocycles. The van der Waals surface area contributed by atoms with Gasteiger partial charge in [0.1, 0.15) is 0 Å². The van der Waals surface area contributed by atoms with Crippen molar-refractivity contribution in [2.75, 3.05) is 19.6 Å². The quantitative estimate of drug-likeness (QED) is 0.700. The molecule has 2 aromatic rings. The van der Waals surface area contributed by atoms with Crippen LogP contribution in [0.15, 0.2) is 48.8 Å². The standard InChI is InChI=1S/C24H26F3N3O2/c1-23(19-5-7-20(8-6-19)24(25,26)27)11-3-15-30(23)22(32)18-4-2-14-29(16-18)21(31)17-9-12-28-13-10-17/h5-10,12-13,18H,2-4,11,14-16H2,1H3. The molecule has 0 radical (unpaired) electrons. The van der Waals surface area contributed by atoms with Crippen LogP contribution >= 0.6 is 0 Å². The molecule has 0 aliphatic carbocycles. The van der Waals surface area contributed by atoms with E-state index in [0.717, 1.165) is 25.0 Å². The van der Waals surface area contributed by atoms with Crippen molar-refractivity contribution >= 4 is 11.8 Å². The SMILES string of the molecule is CC1(c2ccc(C(F)(F)F)cc2)CCCN1C(=O)C1CCCN(C(=O)c2ccncc2)C1. The number of amides is 2. The molecule has 8 heteroatoms. The number of carbonyl (C=O) groups excluding carboxylic acids is 2. The van der Waals surface area contributed by atoms with Gasteiger partial charge in [0.15, 0.2) is 0 Å². The van der Waals surface area contributed by atoms with Crippen LogP contribution in [-0.4, -0.2) is 46.2 Å². The highest BCUT2D eigenvalue weighted by atomic mass is 19.4. The third kappa shape index (κ3) is 4.23. The summed E-state index contributed by atoms with van der Waals surface area (Å²) in [6.45, 7) is 3.43. The highest BCUT2D eigenvalue weighted by molar-refractivity contribution is 5.94. The van der Waals surface area contributed by atoms with Gasteiger partial charge in [-0.1, -0.05) is 12.1 Å². The lowest BCUT2D eigenvalue weighted by Crippen LogP contribution is -2.50. The summed E-state index contributed by atoms with van der Waals surface area (Å²) in [6.07, 6.45) is 1.65. The maximum Gasteiger partial charge on any atom is 0.416 e. The molecular formula is C24H26F3N3O2. The number of alkyl halides is 3. The largest absolute Gasteiger partial charge is 0.416 e. The maximum atomic E-state index is 13.5. The molecule has 0 spiro atoms. The van der Waals surface area contributed by atoms with Gasteiger partial charge in [-0.3, -0.25) is 14.6 Å². The smallest absolute Gasteiger partial charge is 0.338 e. The number of hydrogen-bond donors (Lipinski definition) is 0. The summed E-state index contributed by atoms with van der Waals surface area (Å²) in [5, 5.41) is 0. The Balaban J connectivity index is 1.51. The number of halogens is 3. The van der Waals surface area contributed by atoms with Gasteiger partial charge >= 0.3 is 6.18 Å². The third-order valence-corrected chi connectivity index (χ3v) is 6.73. The molecule has 2 aliphatic heterocycles. The van der Waals surface area contributed by atoms with Crippen molar-refractivity contribution in [3.05, 3.63) is 65.5 Å². The zero-order valence-corrected chi connectivity index (χ0v) is 17.9. The molecule has 170 valence electrons. The summed E-state index contributed by atoms with van der Waals surface area (Å²) in [5.74, 6) is -0.463. The van der Waals surface area contributed by atoms with Gasteiger partial charge in [-0.15, -0.1) is 0 Å². The Kier molecular flexibility index (Phi) is 5.97. The van der Waals surface area contributed by atoms with E-state index in [4.69, 9.17) is 0 Å². The Bertz CT molecular complexity index is 978. The number of nitrogens with zero attached hydrogens (tertiary/aromatic N) is 3. The van der Waals surface area contributed by atoms with Crippen molar-refractivity contribution in [2.45, 2.75) is 44.3 Å². The summed E-state index contributed by atoms with van der Waals surface area (Å²) in [5.41, 5.74) is -0.0995. The molecule has 2 fully saturated rings. The van der Waals surface area contributed by atoms with Crippen LogP contribution in [0, 0.1) is 5.92 Å². The Morgan fingerprint density at radius 1 is 1.03 bits per heavy atom. The topological polar surface area (TPSA) is 53.5 Å². The van der Waals surface area contributed by atoms with Crippen LogP contribution in [0.3, 0.4) is 0 Å². The fourth-order valence-electron chi connectivity index (χ4n) is 4.90. The summed E-state index contributed by atoms with van der Waals surface area (Å²) < 4.78 is 38.9. The van der Waals surface area contributed by atoms with Crippen LogP contribution in [0.25, 0.3) is 0 Å². The van der Waals surface area contributed by atoms with E-state index >= 15 is 0 Å². The van der Waals surface area contributed by atoms with E-state index in [0.29, 0.717) is 43.6 Å². The maximum absolute atomic E-state index is 13.5. The number of rotatable bonds is 3. The first-order valence-corrected chi connectivity index (χ1v) is 10.9. The van der Waals surface area contributed by atoms with E-state index in [2.05, 4.69) is 4.98 Å². The summed E-state index contributed by atoms with van der Waals surface area (Å²) in [4.78, 5) is 33.8. The van der Waals surface area contributed by atoms with Crippen LogP contribution < -0.4 is 0 Å². The summed E-state index contributed by atoms with van der Waals surface area (Å²) in [7, 11) is 0. The lowest BCUT2D eigenvalue weighted by molar-refractivity contribution is -0.141. The van der Waals surface area contributed by atoms with Gasteiger partial charge in [0, 0.05) is 37.6 Å². The normalized spacial score (nSPS) is 23.9. The minimum Gasteiger partial charge on any atom is -0.338 e. The molecule has 0 saturated carbocycles. The second kappa shape index (κ2) is 8.56. The van der Waals surface area contributed by atoms with Gasteiger partial charge in [0.2, 0.25) is 5.91 Å². The number of piperidine rings is 1. The predicted octanol–water partition coefficient (Wildman–Crippen LogP) is 4.49. The van der Waals surface area contributed by atoms with Gasteiger partial charge in [0.05, 0.1) is 17.0 Å². The second-order valence-electron chi connectivity index (χ2n) is 8.77. The Morgan fingerprint density at radius 2 is 1.72 bits per heavy atom. The molecule has 2 saturated heterocycles. The van der Waals surface area contributed by atoms with Crippen molar-refractivity contribution in [3.63, 3.8) is 0 Å². The van der Waals surface area contributed by atoms with E-state index in [1.807, 2.05) is 6.92 Å². The van der Waals surface area contributed by atoms with Crippen LogP contribution in [0.1, 0.15) is 54.1 Å². The second-order valence-corrected chi connectivity index (χ2v) is 8.77. The average molecular weight is 445 g/mol. The fraction of sp³-hybridized carbons (Fsp3) is 0.458. The number of carbonyl (C=O) groups is 2. The van der Waals surface area contributed by atoms with Crippen LogP contribution in [0.2, 0.25) is 0 Å². The van der Waals surface area contributed by atoms with Crippen molar-refractivity contribution in [1.29, 1.82) is 0 Å². The van der Waals surface area contributed by atoms with Gasteiger partial charge < -0.3 is 9.80 Å². The minimum atomic E-state index is -4.39. The lowest BCUT2D eigenvalue weighted by atomic mass is 9.87. The van der Waals surface area contributed by atoms with Crippen molar-refractivity contribution in [2.24, 2.45) is 5.92 Å². The first-order valence-electron chi connectivity index (χ1n) is 10.9. The molecular weight excluding hydrogens is 419 g/mol. The molecule has 2 amide bonds. The average Bonchev–Trinajstić information content (AvgIpc) is 3.21. The number of hydrogen-bond acceptors (Lipinski definition) is 3. The Labute approximate surface area is 185 Å². The number of pyridine rings is 1. The molecule has 1 aromatic carbocycles. The third-order valence-electron chi connectivity index (χ3n) is 6.73. The van der Waals surface area contributed by atoms with E-state index in [1.165, 1.54) is 12.1 Å². The zero-order valence-electron chi connectivity index (χ0n) is 17.9. The lowest BCUT2D eigenvalue weighted by Gasteiger charge is -2.40. The van der Waals surface area contributed by atoms with Gasteiger partial charge in [0.25, 0.3) is 5.91 Å². The Morgan fingerprint density at radius 3 is 2.38 bits per heavy atom. The van der Waals surface area contributed by atoms with Crippen molar-refractivity contribution in [1.82, 2.24) is 14.8 Å². The fourth-order valence-corrected chi connectivity index (χ4v) is 4.90. The van der Waals surface area contributed by atoms with Gasteiger partial charge in [-0.05, 0) is 62.4 Å². The molecule has 0 N–H and O–H groups in total. The van der Waals surface area contributed by atoms with E-state index in [-0.39, 0.29) is 17.7 Å². The molecule has 4 rings (SSSR count). The van der Waals surface area contributed by atoms with Crippen LogP contribution in [-0.2, 0) is 16.5 Å². The molecule has 3 heterocycles. The van der Waals surface area contributed by atoms with Crippen molar-refractivity contribution < 1.29 is 22.8 Å². The number of aromatic nitrogens is 1. The first kappa shape index (κ1) is 22.3. The van der Waals surface area contributed by atoms with Gasteiger partial charge in [-0.2, -0.15) is 13.2 Å². The summed E-state index contributed by atoms with van der Waals surface area (Å²) in [6, 6.07) is 8.45. The molecule has 2 atom stereocenters. The van der Waals surface area contributed by atoms with E-state index in [1.54, 1.807) is 34.3 Å². The molecule has 5 nitrogen and oxygen atoms in total. The highest BCUT2D eigenvalue weighted by Gasteiger charge is 2.44.